The number of nitrogens with two attached hydrogens (primary N) is 1. The number of aromatic nitrogens is 1. The quantitative estimate of drug-likeness (QED) is 0.838. The Morgan fingerprint density at radius 3 is 3.00 bits per heavy atom. The van der Waals surface area contributed by atoms with Gasteiger partial charge in [0.2, 0.25) is 0 Å². The van der Waals surface area contributed by atoms with Gasteiger partial charge in [0.05, 0.1) is 17.4 Å². The van der Waals surface area contributed by atoms with E-state index < -0.39 is 0 Å². The van der Waals surface area contributed by atoms with E-state index in [9.17, 15) is 4.79 Å². The number of carbonyl (C=O) groups is 1. The molecule has 1 unspecified atom stereocenters. The molecule has 0 aliphatic carbocycles. The number of nitrogens with zero attached hydrogens (tertiary/aromatic N) is 2. The molecule has 0 aromatic carbocycles. The van der Waals surface area contributed by atoms with E-state index in [0.717, 1.165) is 19.4 Å². The second kappa shape index (κ2) is 5.14. The van der Waals surface area contributed by atoms with Crippen molar-refractivity contribution in [2.75, 3.05) is 12.3 Å². The van der Waals surface area contributed by atoms with Crippen LogP contribution < -0.4 is 5.73 Å². The van der Waals surface area contributed by atoms with Crippen LogP contribution in [-0.4, -0.2) is 28.4 Å². The van der Waals surface area contributed by atoms with Crippen LogP contribution in [0.5, 0.6) is 0 Å². The van der Waals surface area contributed by atoms with Gasteiger partial charge >= 0.3 is 0 Å². The van der Waals surface area contributed by atoms with Gasteiger partial charge in [0.15, 0.2) is 0 Å². The van der Waals surface area contributed by atoms with Gasteiger partial charge in [-0.2, -0.15) is 0 Å². The molecule has 1 aliphatic heterocycles. The summed E-state index contributed by atoms with van der Waals surface area (Å²) in [6.45, 7) is 5.05. The molecule has 0 radical (unpaired) electrons. The van der Waals surface area contributed by atoms with Crippen molar-refractivity contribution < 1.29 is 4.79 Å². The van der Waals surface area contributed by atoms with E-state index in [1.807, 2.05) is 4.90 Å². The fourth-order valence-electron chi connectivity index (χ4n) is 2.51. The lowest BCUT2D eigenvalue weighted by Crippen LogP contribution is -2.38. The minimum atomic E-state index is -0.0593. The summed E-state index contributed by atoms with van der Waals surface area (Å²) in [5, 5.41) is 0.226. The molecule has 1 aliphatic rings. The average Bonchev–Trinajstić information content (AvgIpc) is 2.80. The summed E-state index contributed by atoms with van der Waals surface area (Å²) >= 11 is 5.98. The number of halogens is 1. The highest BCUT2D eigenvalue weighted by molar-refractivity contribution is 6.32. The fourth-order valence-corrected chi connectivity index (χ4v) is 2.69. The Balaban J connectivity index is 2.28. The Morgan fingerprint density at radius 1 is 1.61 bits per heavy atom. The first kappa shape index (κ1) is 13.1. The number of anilines is 1. The van der Waals surface area contributed by atoms with Crippen molar-refractivity contribution >= 4 is 23.2 Å². The summed E-state index contributed by atoms with van der Waals surface area (Å²) in [6, 6.07) is 1.89. The molecule has 1 aromatic rings. The molecule has 1 atom stereocenters. The summed E-state index contributed by atoms with van der Waals surface area (Å²) < 4.78 is 0. The molecular weight excluding hydrogens is 250 g/mol. The second-order valence-electron chi connectivity index (χ2n) is 5.06. The zero-order valence-corrected chi connectivity index (χ0v) is 11.4. The lowest BCUT2D eigenvalue weighted by Gasteiger charge is -2.28. The molecule has 0 bridgehead atoms. The first-order valence-corrected chi connectivity index (χ1v) is 6.60. The Bertz CT molecular complexity index is 462. The number of rotatable bonds is 2. The normalized spacial score (nSPS) is 19.6. The van der Waals surface area contributed by atoms with Gasteiger partial charge in [-0.15, -0.1) is 0 Å². The van der Waals surface area contributed by atoms with Crippen molar-refractivity contribution in [2.45, 2.75) is 32.7 Å². The van der Waals surface area contributed by atoms with E-state index in [2.05, 4.69) is 18.8 Å². The Labute approximate surface area is 112 Å². The highest BCUT2D eigenvalue weighted by Crippen LogP contribution is 2.27. The van der Waals surface area contributed by atoms with E-state index in [0.29, 0.717) is 17.2 Å². The van der Waals surface area contributed by atoms with Crippen LogP contribution >= 0.6 is 11.6 Å². The molecule has 0 spiro atoms. The summed E-state index contributed by atoms with van der Waals surface area (Å²) in [5.74, 6) is 0.389. The summed E-state index contributed by atoms with van der Waals surface area (Å²) in [7, 11) is 0. The zero-order valence-electron chi connectivity index (χ0n) is 10.7. The third-order valence-corrected chi connectivity index (χ3v) is 3.72. The van der Waals surface area contributed by atoms with Gasteiger partial charge in [-0.1, -0.05) is 25.4 Å². The van der Waals surface area contributed by atoms with Gasteiger partial charge in [-0.25, -0.2) is 4.98 Å². The van der Waals surface area contributed by atoms with Crippen LogP contribution in [-0.2, 0) is 0 Å². The molecule has 1 aromatic heterocycles. The van der Waals surface area contributed by atoms with Crippen molar-refractivity contribution in [1.82, 2.24) is 9.88 Å². The fraction of sp³-hybridized carbons (Fsp3) is 0.538. The SMILES string of the molecule is CC(C)C1CCCN1C(=O)c1cc(N)cnc1Cl. The van der Waals surface area contributed by atoms with Crippen LogP contribution in [0.4, 0.5) is 5.69 Å². The van der Waals surface area contributed by atoms with Gasteiger partial charge < -0.3 is 10.6 Å². The highest BCUT2D eigenvalue weighted by Gasteiger charge is 2.32. The lowest BCUT2D eigenvalue weighted by molar-refractivity contribution is 0.0701. The van der Waals surface area contributed by atoms with E-state index in [1.54, 1.807) is 6.07 Å². The minimum Gasteiger partial charge on any atom is -0.397 e. The predicted octanol–water partition coefficient (Wildman–Crippen LogP) is 2.58. The van der Waals surface area contributed by atoms with E-state index in [4.69, 9.17) is 17.3 Å². The third-order valence-electron chi connectivity index (χ3n) is 3.42. The number of pyridine rings is 1. The van der Waals surface area contributed by atoms with Crippen LogP contribution in [0.3, 0.4) is 0 Å². The van der Waals surface area contributed by atoms with Gasteiger partial charge in [0.25, 0.3) is 5.91 Å². The molecule has 1 amide bonds. The average molecular weight is 268 g/mol. The number of amides is 1. The van der Waals surface area contributed by atoms with Gasteiger partial charge in [-0.05, 0) is 24.8 Å². The van der Waals surface area contributed by atoms with E-state index in [-0.39, 0.29) is 17.1 Å². The van der Waals surface area contributed by atoms with Crippen molar-refractivity contribution in [3.8, 4) is 0 Å². The van der Waals surface area contributed by atoms with Gasteiger partial charge in [0, 0.05) is 12.6 Å². The maximum absolute atomic E-state index is 12.5. The first-order chi connectivity index (χ1) is 8.50. The zero-order chi connectivity index (χ0) is 13.3. The molecule has 1 saturated heterocycles. The molecular formula is C13H18ClN3O. The Hall–Kier alpha value is -1.29. The number of likely N-dealkylation sites (tertiary alicyclic amines) is 1. The molecule has 2 N–H and O–H groups in total. The summed E-state index contributed by atoms with van der Waals surface area (Å²) in [5.41, 5.74) is 6.53. The lowest BCUT2D eigenvalue weighted by atomic mass is 10.0. The standard InChI is InChI=1S/C13H18ClN3O/c1-8(2)11-4-3-5-17(11)13(18)10-6-9(15)7-16-12(10)14/h6-8,11H,3-5,15H2,1-2H3. The summed E-state index contributed by atoms with van der Waals surface area (Å²) in [6.07, 6.45) is 3.56. The Kier molecular flexibility index (Phi) is 3.76. The smallest absolute Gasteiger partial charge is 0.257 e. The van der Waals surface area contributed by atoms with Crippen LogP contribution in [0.25, 0.3) is 0 Å². The largest absolute Gasteiger partial charge is 0.397 e. The van der Waals surface area contributed by atoms with Crippen molar-refractivity contribution in [2.24, 2.45) is 5.92 Å². The second-order valence-corrected chi connectivity index (χ2v) is 5.42. The molecule has 2 heterocycles. The molecule has 5 heteroatoms. The highest BCUT2D eigenvalue weighted by atomic mass is 35.5. The predicted molar refractivity (Wildman–Crippen MR) is 72.6 cm³/mol. The molecule has 2 rings (SSSR count). The van der Waals surface area contributed by atoms with Crippen LogP contribution in [0, 0.1) is 5.92 Å². The minimum absolute atomic E-state index is 0.0593. The number of nitrogen functional groups attached to an aromatic ring is 1. The van der Waals surface area contributed by atoms with Gasteiger partial charge in [0.1, 0.15) is 5.15 Å². The van der Waals surface area contributed by atoms with Crippen molar-refractivity contribution in [1.29, 1.82) is 0 Å². The Morgan fingerprint density at radius 2 is 2.33 bits per heavy atom. The van der Waals surface area contributed by atoms with Crippen molar-refractivity contribution in [3.63, 3.8) is 0 Å². The molecule has 18 heavy (non-hydrogen) atoms. The number of carbonyl (C=O) groups excluding carboxylic acids is 1. The maximum Gasteiger partial charge on any atom is 0.257 e. The molecule has 4 nitrogen and oxygen atoms in total. The first-order valence-electron chi connectivity index (χ1n) is 6.22. The van der Waals surface area contributed by atoms with Crippen LogP contribution in [0.15, 0.2) is 12.3 Å². The monoisotopic (exact) mass is 267 g/mol. The summed E-state index contributed by atoms with van der Waals surface area (Å²) in [4.78, 5) is 18.3. The maximum atomic E-state index is 12.5. The van der Waals surface area contributed by atoms with Gasteiger partial charge in [-0.3, -0.25) is 4.79 Å². The van der Waals surface area contributed by atoms with Crippen LogP contribution in [0.1, 0.15) is 37.0 Å². The van der Waals surface area contributed by atoms with E-state index in [1.165, 1.54) is 6.20 Å². The topological polar surface area (TPSA) is 59.2 Å². The number of hydrogen-bond acceptors (Lipinski definition) is 3. The third kappa shape index (κ3) is 2.43. The number of hydrogen-bond donors (Lipinski definition) is 1. The molecule has 0 saturated carbocycles. The van der Waals surface area contributed by atoms with Crippen LogP contribution in [0.2, 0.25) is 5.15 Å². The van der Waals surface area contributed by atoms with Crippen molar-refractivity contribution in [3.05, 3.63) is 23.0 Å². The van der Waals surface area contributed by atoms with E-state index >= 15 is 0 Å². The molecule has 98 valence electrons. The molecule has 1 fully saturated rings.